The molecule has 0 atom stereocenters. The number of aryl methyl sites for hydroxylation is 4. The minimum absolute atomic E-state index is 0.00251. The van der Waals surface area contributed by atoms with Gasteiger partial charge in [-0.05, 0) is 44.9 Å². The molecular formula is C23H31N5O2. The summed E-state index contributed by atoms with van der Waals surface area (Å²) in [5, 5.41) is 7.41. The van der Waals surface area contributed by atoms with Gasteiger partial charge in [-0.15, -0.1) is 0 Å². The largest absolute Gasteiger partial charge is 0.337 e. The predicted molar refractivity (Wildman–Crippen MR) is 119 cm³/mol. The number of carbonyl (C=O) groups excluding carboxylic acids is 2. The summed E-state index contributed by atoms with van der Waals surface area (Å²) in [6.07, 6.45) is 3.48. The van der Waals surface area contributed by atoms with Gasteiger partial charge in [-0.25, -0.2) is 0 Å². The molecule has 0 aliphatic carbocycles. The van der Waals surface area contributed by atoms with Gasteiger partial charge < -0.3 is 10.2 Å². The molecule has 2 aromatic rings. The zero-order chi connectivity index (χ0) is 21.8. The van der Waals surface area contributed by atoms with E-state index in [4.69, 9.17) is 0 Å². The molecule has 1 aliphatic heterocycles. The van der Waals surface area contributed by atoms with Gasteiger partial charge in [0.1, 0.15) is 0 Å². The van der Waals surface area contributed by atoms with Crippen molar-refractivity contribution in [2.24, 2.45) is 7.05 Å². The van der Waals surface area contributed by atoms with Gasteiger partial charge in [-0.2, -0.15) is 5.10 Å². The second kappa shape index (κ2) is 9.26. The number of hydrogen-bond donors (Lipinski definition) is 1. The lowest BCUT2D eigenvalue weighted by Crippen LogP contribution is -2.50. The van der Waals surface area contributed by atoms with E-state index in [1.54, 1.807) is 6.08 Å². The van der Waals surface area contributed by atoms with Crippen LogP contribution < -0.4 is 5.32 Å². The summed E-state index contributed by atoms with van der Waals surface area (Å²) in [5.41, 5.74) is 5.96. The molecule has 0 radical (unpaired) electrons. The molecule has 7 heteroatoms. The minimum atomic E-state index is -0.0189. The quantitative estimate of drug-likeness (QED) is 0.770. The zero-order valence-electron chi connectivity index (χ0n) is 18.5. The number of benzene rings is 1. The highest BCUT2D eigenvalue weighted by Gasteiger charge is 2.21. The lowest BCUT2D eigenvalue weighted by molar-refractivity contribution is -0.127. The standard InChI is InChI=1S/C23H31N5O2/c1-16-7-6-8-17(2)23(16)24-21(29)15-27-11-13-28(14-12-27)22(30)10-9-20-18(3)25-26(5)19(20)4/h6-10H,11-15H2,1-5H3,(H,24,29)/b10-9+. The van der Waals surface area contributed by atoms with Gasteiger partial charge in [0.15, 0.2) is 0 Å². The Labute approximate surface area is 178 Å². The first-order chi connectivity index (χ1) is 14.3. The number of amides is 2. The van der Waals surface area contributed by atoms with E-state index in [1.807, 2.05) is 68.6 Å². The van der Waals surface area contributed by atoms with Crippen molar-refractivity contribution in [3.05, 3.63) is 52.4 Å². The minimum Gasteiger partial charge on any atom is -0.337 e. The molecule has 30 heavy (non-hydrogen) atoms. The number of nitrogens with zero attached hydrogens (tertiary/aromatic N) is 4. The fourth-order valence-corrected chi connectivity index (χ4v) is 3.81. The van der Waals surface area contributed by atoms with Crippen LogP contribution in [-0.4, -0.2) is 64.1 Å². The number of aromatic nitrogens is 2. The topological polar surface area (TPSA) is 70.5 Å². The smallest absolute Gasteiger partial charge is 0.246 e. The maximum Gasteiger partial charge on any atom is 0.246 e. The van der Waals surface area contributed by atoms with Crippen LogP contribution in [0, 0.1) is 27.7 Å². The Hall–Kier alpha value is -2.93. The van der Waals surface area contributed by atoms with E-state index in [9.17, 15) is 9.59 Å². The number of carbonyl (C=O) groups is 2. The number of hydrogen-bond acceptors (Lipinski definition) is 4. The van der Waals surface area contributed by atoms with Crippen LogP contribution in [0.25, 0.3) is 6.08 Å². The van der Waals surface area contributed by atoms with Crippen molar-refractivity contribution in [3.63, 3.8) is 0 Å². The molecule has 2 amide bonds. The zero-order valence-corrected chi connectivity index (χ0v) is 18.5. The van der Waals surface area contributed by atoms with Crippen molar-refractivity contribution in [2.75, 3.05) is 38.0 Å². The molecule has 1 fully saturated rings. The van der Waals surface area contributed by atoms with E-state index >= 15 is 0 Å². The van der Waals surface area contributed by atoms with Crippen molar-refractivity contribution < 1.29 is 9.59 Å². The molecule has 0 spiro atoms. The molecule has 1 aliphatic rings. The van der Waals surface area contributed by atoms with Crippen LogP contribution in [0.3, 0.4) is 0 Å². The Bertz CT molecular complexity index is 948. The third kappa shape index (κ3) is 4.97. The van der Waals surface area contributed by atoms with Gasteiger partial charge in [-0.1, -0.05) is 18.2 Å². The van der Waals surface area contributed by atoms with Crippen LogP contribution in [0.15, 0.2) is 24.3 Å². The summed E-state index contributed by atoms with van der Waals surface area (Å²) in [6.45, 7) is 10.9. The number of nitrogens with one attached hydrogen (secondary N) is 1. The van der Waals surface area contributed by atoms with Gasteiger partial charge in [0.05, 0.1) is 12.2 Å². The molecule has 1 N–H and O–H groups in total. The van der Waals surface area contributed by atoms with Crippen molar-refractivity contribution in [3.8, 4) is 0 Å². The highest BCUT2D eigenvalue weighted by Crippen LogP contribution is 2.19. The van der Waals surface area contributed by atoms with E-state index in [0.29, 0.717) is 32.7 Å². The van der Waals surface area contributed by atoms with Crippen LogP contribution >= 0.6 is 0 Å². The van der Waals surface area contributed by atoms with Gasteiger partial charge in [0, 0.05) is 56.2 Å². The van der Waals surface area contributed by atoms with Crippen LogP contribution in [0.4, 0.5) is 5.69 Å². The number of anilines is 1. The average molecular weight is 410 g/mol. The van der Waals surface area contributed by atoms with Crippen LogP contribution in [0.2, 0.25) is 0 Å². The summed E-state index contributed by atoms with van der Waals surface area (Å²) in [4.78, 5) is 29.0. The van der Waals surface area contributed by atoms with Crippen LogP contribution in [-0.2, 0) is 16.6 Å². The third-order valence-corrected chi connectivity index (χ3v) is 5.75. The SMILES string of the molecule is Cc1cccc(C)c1NC(=O)CN1CCN(C(=O)/C=C/c2c(C)nn(C)c2C)CC1. The second-order valence-electron chi connectivity index (χ2n) is 7.96. The monoisotopic (exact) mass is 409 g/mol. The van der Waals surface area contributed by atoms with Crippen molar-refractivity contribution in [2.45, 2.75) is 27.7 Å². The van der Waals surface area contributed by atoms with Crippen molar-refractivity contribution in [1.82, 2.24) is 19.6 Å². The summed E-state index contributed by atoms with van der Waals surface area (Å²) in [5.74, 6) is -0.0214. The second-order valence-corrected chi connectivity index (χ2v) is 7.96. The van der Waals surface area contributed by atoms with E-state index in [1.165, 1.54) is 0 Å². The molecule has 3 rings (SSSR count). The fourth-order valence-electron chi connectivity index (χ4n) is 3.81. The molecule has 1 aromatic heterocycles. The molecule has 0 saturated carbocycles. The lowest BCUT2D eigenvalue weighted by Gasteiger charge is -2.33. The van der Waals surface area contributed by atoms with Gasteiger partial charge in [0.2, 0.25) is 11.8 Å². The lowest BCUT2D eigenvalue weighted by atomic mass is 10.1. The predicted octanol–water partition coefficient (Wildman–Crippen LogP) is 2.45. The Morgan fingerprint density at radius 1 is 1.07 bits per heavy atom. The molecule has 1 saturated heterocycles. The number of piperazine rings is 1. The van der Waals surface area contributed by atoms with Gasteiger partial charge in [-0.3, -0.25) is 19.2 Å². The van der Waals surface area contributed by atoms with E-state index in [2.05, 4.69) is 15.3 Å². The maximum atomic E-state index is 12.6. The molecule has 160 valence electrons. The number of rotatable bonds is 5. The Kier molecular flexibility index (Phi) is 6.72. The first kappa shape index (κ1) is 21.8. The van der Waals surface area contributed by atoms with Crippen molar-refractivity contribution in [1.29, 1.82) is 0 Å². The molecule has 0 unspecified atom stereocenters. The summed E-state index contributed by atoms with van der Waals surface area (Å²) >= 11 is 0. The van der Waals surface area contributed by atoms with Crippen LogP contribution in [0.1, 0.15) is 28.1 Å². The van der Waals surface area contributed by atoms with E-state index < -0.39 is 0 Å². The molecule has 1 aromatic carbocycles. The number of para-hydroxylation sites is 1. The van der Waals surface area contributed by atoms with Gasteiger partial charge >= 0.3 is 0 Å². The Balaban J connectivity index is 1.50. The third-order valence-electron chi connectivity index (χ3n) is 5.75. The highest BCUT2D eigenvalue weighted by atomic mass is 16.2. The molecular weight excluding hydrogens is 378 g/mol. The average Bonchev–Trinajstić information content (AvgIpc) is 2.95. The summed E-state index contributed by atoms with van der Waals surface area (Å²) in [6, 6.07) is 5.98. The van der Waals surface area contributed by atoms with Crippen molar-refractivity contribution >= 4 is 23.6 Å². The van der Waals surface area contributed by atoms with Gasteiger partial charge in [0.25, 0.3) is 0 Å². The maximum absolute atomic E-state index is 12.6. The molecule has 2 heterocycles. The highest BCUT2D eigenvalue weighted by molar-refractivity contribution is 5.94. The molecule has 0 bridgehead atoms. The van der Waals surface area contributed by atoms with Crippen LogP contribution in [0.5, 0.6) is 0 Å². The Morgan fingerprint density at radius 3 is 2.27 bits per heavy atom. The van der Waals surface area contributed by atoms with E-state index in [0.717, 1.165) is 33.8 Å². The summed E-state index contributed by atoms with van der Waals surface area (Å²) < 4.78 is 1.82. The van der Waals surface area contributed by atoms with E-state index in [-0.39, 0.29) is 11.8 Å². The first-order valence-corrected chi connectivity index (χ1v) is 10.3. The normalized spacial score (nSPS) is 15.0. The molecule has 7 nitrogen and oxygen atoms in total. The Morgan fingerprint density at radius 2 is 1.70 bits per heavy atom. The summed E-state index contributed by atoms with van der Waals surface area (Å²) in [7, 11) is 1.90. The fraction of sp³-hybridized carbons (Fsp3) is 0.435. The first-order valence-electron chi connectivity index (χ1n) is 10.3.